The van der Waals surface area contributed by atoms with E-state index in [1.54, 1.807) is 48.7 Å². The summed E-state index contributed by atoms with van der Waals surface area (Å²) >= 11 is 0. The van der Waals surface area contributed by atoms with Gasteiger partial charge in [-0.1, -0.05) is 48.5 Å². The lowest BCUT2D eigenvalue weighted by Gasteiger charge is -2.26. The van der Waals surface area contributed by atoms with Crippen LogP contribution < -0.4 is 21.7 Å². The fourth-order valence-electron chi connectivity index (χ4n) is 4.42. The number of rotatable bonds is 15. The first-order chi connectivity index (χ1) is 20.0. The molecule has 5 unspecified atom stereocenters. The molecular formula is C29H35N5O8. The summed E-state index contributed by atoms with van der Waals surface area (Å²) in [5.74, 6) is -5.22. The molecule has 2 aromatic carbocycles. The van der Waals surface area contributed by atoms with E-state index < -0.39 is 66.4 Å². The minimum Gasteiger partial charge on any atom is -0.481 e. The van der Waals surface area contributed by atoms with Crippen LogP contribution in [0.5, 0.6) is 0 Å². The highest BCUT2D eigenvalue weighted by molar-refractivity contribution is 5.95. The van der Waals surface area contributed by atoms with Gasteiger partial charge >= 0.3 is 11.9 Å². The second kappa shape index (κ2) is 14.8. The third-order valence-electron chi connectivity index (χ3n) is 6.69. The summed E-state index contributed by atoms with van der Waals surface area (Å²) in [7, 11) is 0. The minimum atomic E-state index is -1.53. The molecule has 1 aromatic heterocycles. The summed E-state index contributed by atoms with van der Waals surface area (Å²) < 4.78 is 0. The van der Waals surface area contributed by atoms with Crippen LogP contribution in [0.25, 0.3) is 10.9 Å². The Balaban J connectivity index is 1.71. The SMILES string of the molecule is CC(O)C(NC(=O)C(N)Cc1ccccc1)C(=O)NC(CCC(=O)O)C(=O)NC(Cc1c[nH]c2ccccc12)C(=O)O. The van der Waals surface area contributed by atoms with E-state index in [-0.39, 0.29) is 19.3 Å². The van der Waals surface area contributed by atoms with E-state index in [1.807, 2.05) is 12.1 Å². The molecule has 13 nitrogen and oxygen atoms in total. The van der Waals surface area contributed by atoms with Crippen LogP contribution in [0.3, 0.4) is 0 Å². The summed E-state index contributed by atoms with van der Waals surface area (Å²) in [6, 6.07) is 10.7. The molecule has 0 aliphatic rings. The molecule has 0 saturated heterocycles. The number of carbonyl (C=O) groups is 5. The minimum absolute atomic E-state index is 0.0870. The van der Waals surface area contributed by atoms with Crippen molar-refractivity contribution < 1.29 is 39.3 Å². The van der Waals surface area contributed by atoms with E-state index >= 15 is 0 Å². The average molecular weight is 582 g/mol. The van der Waals surface area contributed by atoms with Crippen LogP contribution in [-0.2, 0) is 36.8 Å². The Kier molecular flexibility index (Phi) is 11.2. The number of para-hydroxylation sites is 1. The highest BCUT2D eigenvalue weighted by Gasteiger charge is 2.33. The number of aliphatic hydroxyl groups excluding tert-OH is 1. The number of nitrogens with one attached hydrogen (secondary N) is 4. The van der Waals surface area contributed by atoms with E-state index in [2.05, 4.69) is 20.9 Å². The van der Waals surface area contributed by atoms with Crippen molar-refractivity contribution in [3.05, 3.63) is 71.9 Å². The number of H-pyrrole nitrogens is 1. The standard InChI is InChI=1S/C29H35N5O8/c1-16(35)25(34-26(38)20(30)13-17-7-3-2-4-8-17)28(40)32-22(11-12-24(36)37)27(39)33-23(29(41)42)14-18-15-31-21-10-6-5-9-19(18)21/h2-10,15-16,20,22-23,25,31,35H,11-14,30H2,1H3,(H,32,40)(H,33,39)(H,34,38)(H,36,37)(H,41,42). The second-order valence-electron chi connectivity index (χ2n) is 9.98. The molecule has 0 aliphatic carbocycles. The number of carboxylic acids is 2. The largest absolute Gasteiger partial charge is 0.481 e. The Labute approximate surface area is 241 Å². The third kappa shape index (κ3) is 8.88. The lowest BCUT2D eigenvalue weighted by Crippen LogP contribution is -2.60. The predicted octanol–water partition coefficient (Wildman–Crippen LogP) is 0.0650. The van der Waals surface area contributed by atoms with Gasteiger partial charge in [-0.05, 0) is 37.0 Å². The van der Waals surface area contributed by atoms with Crippen molar-refractivity contribution in [2.24, 2.45) is 5.73 Å². The zero-order chi connectivity index (χ0) is 30.8. The van der Waals surface area contributed by atoms with Gasteiger partial charge in [0.1, 0.15) is 18.1 Å². The molecule has 0 spiro atoms. The molecular weight excluding hydrogens is 546 g/mol. The number of benzene rings is 2. The fourth-order valence-corrected chi connectivity index (χ4v) is 4.42. The predicted molar refractivity (Wildman–Crippen MR) is 152 cm³/mol. The van der Waals surface area contributed by atoms with Crippen LogP contribution >= 0.6 is 0 Å². The van der Waals surface area contributed by atoms with Gasteiger partial charge in [0.25, 0.3) is 0 Å². The third-order valence-corrected chi connectivity index (χ3v) is 6.69. The van der Waals surface area contributed by atoms with Gasteiger partial charge < -0.3 is 42.0 Å². The summed E-state index contributed by atoms with van der Waals surface area (Å²) in [6.07, 6.45) is -0.593. The van der Waals surface area contributed by atoms with Crippen molar-refractivity contribution in [2.75, 3.05) is 0 Å². The molecule has 3 amide bonds. The number of carboxylic acid groups (broad SMARTS) is 2. The van der Waals surface area contributed by atoms with Gasteiger partial charge in [0.05, 0.1) is 12.1 Å². The number of hydrogen-bond acceptors (Lipinski definition) is 7. The number of aromatic amines is 1. The molecule has 224 valence electrons. The highest BCUT2D eigenvalue weighted by Crippen LogP contribution is 2.19. The van der Waals surface area contributed by atoms with Crippen molar-refractivity contribution in [2.45, 2.75) is 62.9 Å². The van der Waals surface area contributed by atoms with Crippen LogP contribution in [0.1, 0.15) is 30.9 Å². The number of amides is 3. The van der Waals surface area contributed by atoms with Crippen LogP contribution in [0, 0.1) is 0 Å². The number of carbonyl (C=O) groups excluding carboxylic acids is 3. The molecule has 1 heterocycles. The van der Waals surface area contributed by atoms with Gasteiger partial charge in [-0.3, -0.25) is 19.2 Å². The molecule has 3 rings (SSSR count). The van der Waals surface area contributed by atoms with Crippen molar-refractivity contribution in [1.82, 2.24) is 20.9 Å². The van der Waals surface area contributed by atoms with Gasteiger partial charge in [-0.25, -0.2) is 4.79 Å². The van der Waals surface area contributed by atoms with Gasteiger partial charge in [-0.2, -0.15) is 0 Å². The highest BCUT2D eigenvalue weighted by atomic mass is 16.4. The molecule has 0 saturated carbocycles. The first kappa shape index (κ1) is 31.8. The van der Waals surface area contributed by atoms with E-state index in [4.69, 9.17) is 10.8 Å². The molecule has 13 heteroatoms. The van der Waals surface area contributed by atoms with E-state index in [9.17, 15) is 34.2 Å². The Morgan fingerprint density at radius 3 is 2.12 bits per heavy atom. The Bertz CT molecular complexity index is 1410. The first-order valence-electron chi connectivity index (χ1n) is 13.3. The zero-order valence-electron chi connectivity index (χ0n) is 22.9. The maximum Gasteiger partial charge on any atom is 0.326 e. The van der Waals surface area contributed by atoms with E-state index in [1.165, 1.54) is 6.92 Å². The molecule has 9 N–H and O–H groups in total. The van der Waals surface area contributed by atoms with Crippen LogP contribution in [0.2, 0.25) is 0 Å². The number of aromatic nitrogens is 1. The number of hydrogen-bond donors (Lipinski definition) is 8. The van der Waals surface area contributed by atoms with Crippen molar-refractivity contribution >= 4 is 40.6 Å². The summed E-state index contributed by atoms with van der Waals surface area (Å²) in [5, 5.41) is 37.1. The average Bonchev–Trinajstić information content (AvgIpc) is 3.36. The number of fused-ring (bicyclic) bond motifs is 1. The number of aliphatic hydroxyl groups is 1. The van der Waals surface area contributed by atoms with Crippen molar-refractivity contribution in [3.8, 4) is 0 Å². The van der Waals surface area contributed by atoms with E-state index in [0.717, 1.165) is 16.5 Å². The molecule has 5 atom stereocenters. The van der Waals surface area contributed by atoms with Gasteiger partial charge in [0, 0.05) is 29.9 Å². The fraction of sp³-hybridized carbons (Fsp3) is 0.345. The second-order valence-corrected chi connectivity index (χ2v) is 9.98. The topological polar surface area (TPSA) is 224 Å². The molecule has 0 bridgehead atoms. The van der Waals surface area contributed by atoms with Crippen molar-refractivity contribution in [1.29, 1.82) is 0 Å². The summed E-state index contributed by atoms with van der Waals surface area (Å²) in [5.41, 5.74) is 8.18. The molecule has 0 fully saturated rings. The Hall–Kier alpha value is -4.75. The van der Waals surface area contributed by atoms with Gasteiger partial charge in [0.2, 0.25) is 17.7 Å². The van der Waals surface area contributed by atoms with Gasteiger partial charge in [0.15, 0.2) is 0 Å². The first-order valence-corrected chi connectivity index (χ1v) is 13.3. The Morgan fingerprint density at radius 2 is 1.48 bits per heavy atom. The summed E-state index contributed by atoms with van der Waals surface area (Å²) in [4.78, 5) is 65.3. The summed E-state index contributed by atoms with van der Waals surface area (Å²) in [6.45, 7) is 1.25. The molecule has 0 aliphatic heterocycles. The monoisotopic (exact) mass is 581 g/mol. The quantitative estimate of drug-likeness (QED) is 0.121. The smallest absolute Gasteiger partial charge is 0.326 e. The van der Waals surface area contributed by atoms with Crippen molar-refractivity contribution in [3.63, 3.8) is 0 Å². The Morgan fingerprint density at radius 1 is 0.833 bits per heavy atom. The van der Waals surface area contributed by atoms with Gasteiger partial charge in [-0.15, -0.1) is 0 Å². The van der Waals surface area contributed by atoms with Crippen LogP contribution in [0.15, 0.2) is 60.8 Å². The maximum atomic E-state index is 13.2. The zero-order valence-corrected chi connectivity index (χ0v) is 22.9. The van der Waals surface area contributed by atoms with Crippen LogP contribution in [-0.4, -0.2) is 80.2 Å². The van der Waals surface area contributed by atoms with E-state index in [0.29, 0.717) is 5.56 Å². The van der Waals surface area contributed by atoms with Crippen LogP contribution in [0.4, 0.5) is 0 Å². The lowest BCUT2D eigenvalue weighted by molar-refractivity contribution is -0.143. The number of aliphatic carboxylic acids is 2. The maximum absolute atomic E-state index is 13.2. The molecule has 3 aromatic rings. The number of nitrogens with two attached hydrogens (primary N) is 1. The molecule has 0 radical (unpaired) electrons. The normalized spacial score (nSPS) is 14.6. The molecule has 42 heavy (non-hydrogen) atoms. The lowest BCUT2D eigenvalue weighted by atomic mass is 10.0.